The first-order chi connectivity index (χ1) is 5.17. The van der Waals surface area contributed by atoms with Crippen molar-refractivity contribution >= 4 is 22.6 Å². The Kier molecular flexibility index (Phi) is 6.50. The molecule has 4 heteroatoms. The first-order valence-corrected chi connectivity index (χ1v) is 5.38. The maximum Gasteiger partial charge on any atom is 0.0795 e. The van der Waals surface area contributed by atoms with E-state index in [-0.39, 0.29) is 12.1 Å². The maximum absolute atomic E-state index is 9.47. The third-order valence-electron chi connectivity index (χ3n) is 1.83. The molecular weight excluding hydrogens is 255 g/mol. The summed E-state index contributed by atoms with van der Waals surface area (Å²) in [6, 6.07) is 0.182. The van der Waals surface area contributed by atoms with Crippen LogP contribution in [0.3, 0.4) is 0 Å². The molecule has 0 fully saturated rings. The van der Waals surface area contributed by atoms with Crippen LogP contribution < -0.4 is 5.43 Å². The topological polar surface area (TPSA) is 35.5 Å². The molecule has 0 saturated carbocycles. The zero-order valence-corrected chi connectivity index (χ0v) is 9.50. The molecule has 0 aliphatic rings. The maximum atomic E-state index is 9.47. The van der Waals surface area contributed by atoms with Crippen LogP contribution in [0.15, 0.2) is 0 Å². The number of hydrazine groups is 1. The lowest BCUT2D eigenvalue weighted by molar-refractivity contribution is 0.0517. The van der Waals surface area contributed by atoms with E-state index in [2.05, 4.69) is 34.9 Å². The minimum Gasteiger partial charge on any atom is -0.391 e. The Morgan fingerprint density at radius 3 is 2.45 bits per heavy atom. The van der Waals surface area contributed by atoms with Crippen LogP contribution in [-0.2, 0) is 0 Å². The Labute approximate surface area is 82.3 Å². The van der Waals surface area contributed by atoms with Gasteiger partial charge in [0.1, 0.15) is 0 Å². The van der Waals surface area contributed by atoms with E-state index in [1.165, 1.54) is 0 Å². The van der Waals surface area contributed by atoms with E-state index < -0.39 is 0 Å². The summed E-state index contributed by atoms with van der Waals surface area (Å²) >= 11 is 2.19. The highest BCUT2D eigenvalue weighted by Crippen LogP contribution is 2.03. The van der Waals surface area contributed by atoms with Crippen molar-refractivity contribution in [2.24, 2.45) is 0 Å². The van der Waals surface area contributed by atoms with Crippen molar-refractivity contribution in [1.82, 2.24) is 10.4 Å². The molecule has 0 heterocycles. The lowest BCUT2D eigenvalue weighted by atomic mass is 10.2. The Balaban J connectivity index is 3.86. The molecule has 0 rings (SSSR count). The minimum atomic E-state index is -0.247. The number of hydrogen-bond acceptors (Lipinski definition) is 3. The molecule has 2 atom stereocenters. The largest absolute Gasteiger partial charge is 0.391 e. The fraction of sp³-hybridized carbons (Fsp3) is 1.00. The van der Waals surface area contributed by atoms with Gasteiger partial charge in [-0.2, -0.15) is 0 Å². The van der Waals surface area contributed by atoms with Crippen LogP contribution in [0.5, 0.6) is 0 Å². The normalized spacial score (nSPS) is 16.9. The van der Waals surface area contributed by atoms with Crippen LogP contribution in [0.2, 0.25) is 0 Å². The number of likely N-dealkylation sites (N-methyl/N-ethyl adjacent to an activating group) is 1. The summed E-state index contributed by atoms with van der Waals surface area (Å²) in [6.45, 7) is 4.99. The average molecular weight is 272 g/mol. The van der Waals surface area contributed by atoms with Crippen molar-refractivity contribution in [3.63, 3.8) is 0 Å². The lowest BCUT2D eigenvalue weighted by Crippen LogP contribution is -2.48. The molecule has 11 heavy (non-hydrogen) atoms. The third kappa shape index (κ3) is 3.68. The van der Waals surface area contributed by atoms with Gasteiger partial charge in [0.25, 0.3) is 0 Å². The molecule has 0 amide bonds. The van der Waals surface area contributed by atoms with Crippen molar-refractivity contribution in [2.45, 2.75) is 26.0 Å². The Hall–Kier alpha value is 0.610. The summed E-state index contributed by atoms with van der Waals surface area (Å²) in [7, 11) is 1.87. The number of nitrogens with one attached hydrogen (secondary N) is 1. The van der Waals surface area contributed by atoms with E-state index in [9.17, 15) is 5.11 Å². The third-order valence-corrected chi connectivity index (χ3v) is 2.74. The summed E-state index contributed by atoms with van der Waals surface area (Å²) in [4.78, 5) is 0. The highest BCUT2D eigenvalue weighted by atomic mass is 127. The zero-order valence-electron chi connectivity index (χ0n) is 7.34. The van der Waals surface area contributed by atoms with Gasteiger partial charge < -0.3 is 5.11 Å². The van der Waals surface area contributed by atoms with E-state index >= 15 is 0 Å². The second kappa shape index (κ2) is 6.16. The fourth-order valence-electron chi connectivity index (χ4n) is 0.986. The first kappa shape index (κ1) is 11.6. The Morgan fingerprint density at radius 2 is 2.18 bits per heavy atom. The molecule has 0 saturated heterocycles. The van der Waals surface area contributed by atoms with Crippen LogP contribution in [0, 0.1) is 0 Å². The zero-order chi connectivity index (χ0) is 8.85. The van der Waals surface area contributed by atoms with Gasteiger partial charge in [0, 0.05) is 17.0 Å². The SMILES string of the molecule is CCN(NC)C(C)[C@H](O)CI. The average Bonchev–Trinajstić information content (AvgIpc) is 2.05. The molecule has 0 aromatic carbocycles. The van der Waals surface area contributed by atoms with Crippen molar-refractivity contribution in [2.75, 3.05) is 18.0 Å². The van der Waals surface area contributed by atoms with E-state index in [4.69, 9.17) is 0 Å². The summed E-state index contributed by atoms with van der Waals surface area (Å²) in [5.74, 6) is 0. The van der Waals surface area contributed by atoms with Crippen LogP contribution >= 0.6 is 22.6 Å². The molecule has 0 aliphatic heterocycles. The number of rotatable bonds is 5. The predicted molar refractivity (Wildman–Crippen MR) is 55.8 cm³/mol. The molecule has 0 aliphatic carbocycles. The van der Waals surface area contributed by atoms with Gasteiger partial charge in [-0.15, -0.1) is 0 Å². The second-order valence-corrected chi connectivity index (χ2v) is 3.35. The van der Waals surface area contributed by atoms with Gasteiger partial charge in [-0.3, -0.25) is 5.43 Å². The van der Waals surface area contributed by atoms with Gasteiger partial charge in [0.05, 0.1) is 6.10 Å². The van der Waals surface area contributed by atoms with Crippen LogP contribution in [0.25, 0.3) is 0 Å². The molecule has 0 aromatic heterocycles. The van der Waals surface area contributed by atoms with Gasteiger partial charge in [-0.05, 0) is 14.0 Å². The summed E-state index contributed by atoms with van der Waals surface area (Å²) in [5, 5.41) is 11.5. The molecule has 68 valence electrons. The number of hydrogen-bond donors (Lipinski definition) is 2. The minimum absolute atomic E-state index is 0.182. The molecule has 0 radical (unpaired) electrons. The predicted octanol–water partition coefficient (Wildman–Crippen LogP) is 0.627. The van der Waals surface area contributed by atoms with Crippen molar-refractivity contribution in [3.05, 3.63) is 0 Å². The molecule has 3 nitrogen and oxygen atoms in total. The molecule has 2 N–H and O–H groups in total. The first-order valence-electron chi connectivity index (χ1n) is 3.85. The molecule has 0 bridgehead atoms. The smallest absolute Gasteiger partial charge is 0.0795 e. The van der Waals surface area contributed by atoms with Gasteiger partial charge in [-0.1, -0.05) is 29.5 Å². The van der Waals surface area contributed by atoms with Crippen LogP contribution in [-0.4, -0.2) is 40.3 Å². The lowest BCUT2D eigenvalue weighted by Gasteiger charge is -2.29. The van der Waals surface area contributed by atoms with Crippen molar-refractivity contribution in [3.8, 4) is 0 Å². The number of alkyl halides is 1. The molecular formula is C7H17IN2O. The van der Waals surface area contributed by atoms with Crippen molar-refractivity contribution in [1.29, 1.82) is 0 Å². The highest BCUT2D eigenvalue weighted by Gasteiger charge is 2.17. The fourth-order valence-corrected chi connectivity index (χ4v) is 1.72. The Bertz CT molecular complexity index is 98.4. The standard InChI is InChI=1S/C7H17IN2O/c1-4-10(9-3)6(2)7(11)5-8/h6-7,9,11H,4-5H2,1-3H3/t6?,7-/m1/s1. The van der Waals surface area contributed by atoms with Crippen molar-refractivity contribution < 1.29 is 5.11 Å². The van der Waals surface area contributed by atoms with E-state index in [0.29, 0.717) is 0 Å². The second-order valence-electron chi connectivity index (χ2n) is 2.47. The Morgan fingerprint density at radius 1 is 1.64 bits per heavy atom. The van der Waals surface area contributed by atoms with Gasteiger partial charge in [0.15, 0.2) is 0 Å². The number of aliphatic hydroxyl groups is 1. The van der Waals surface area contributed by atoms with E-state index in [1.54, 1.807) is 0 Å². The van der Waals surface area contributed by atoms with Gasteiger partial charge in [0.2, 0.25) is 0 Å². The highest BCUT2D eigenvalue weighted by molar-refractivity contribution is 14.1. The van der Waals surface area contributed by atoms with Crippen LogP contribution in [0.4, 0.5) is 0 Å². The van der Waals surface area contributed by atoms with Gasteiger partial charge >= 0.3 is 0 Å². The van der Waals surface area contributed by atoms with E-state index in [1.807, 2.05) is 19.0 Å². The molecule has 0 aromatic rings. The summed E-state index contributed by atoms with van der Waals surface area (Å²) < 4.78 is 0.775. The summed E-state index contributed by atoms with van der Waals surface area (Å²) in [5.41, 5.74) is 3.04. The quantitative estimate of drug-likeness (QED) is 0.438. The number of aliphatic hydroxyl groups excluding tert-OH is 1. The number of halogens is 1. The van der Waals surface area contributed by atoms with Crippen LogP contribution in [0.1, 0.15) is 13.8 Å². The monoisotopic (exact) mass is 272 g/mol. The molecule has 0 spiro atoms. The molecule has 1 unspecified atom stereocenters. The van der Waals surface area contributed by atoms with E-state index in [0.717, 1.165) is 11.0 Å². The number of nitrogens with zero attached hydrogens (tertiary/aromatic N) is 1. The summed E-state index contributed by atoms with van der Waals surface area (Å²) in [6.07, 6.45) is -0.247. The van der Waals surface area contributed by atoms with Gasteiger partial charge in [-0.25, -0.2) is 5.01 Å².